The third-order valence-electron chi connectivity index (χ3n) is 3.81. The van der Waals surface area contributed by atoms with Crippen molar-refractivity contribution >= 4 is 21.6 Å². The normalized spacial score (nSPS) is 17.3. The number of sulfonamides is 1. The van der Waals surface area contributed by atoms with E-state index < -0.39 is 16.1 Å². The molecule has 128 valence electrons. The highest BCUT2D eigenvalue weighted by Gasteiger charge is 2.35. The van der Waals surface area contributed by atoms with E-state index in [2.05, 4.69) is 12.2 Å². The number of nitrogens with zero attached hydrogens (tertiary/aromatic N) is 1. The fourth-order valence-electron chi connectivity index (χ4n) is 2.46. The first-order valence-electron chi connectivity index (χ1n) is 8.03. The summed E-state index contributed by atoms with van der Waals surface area (Å²) in [6, 6.07) is 6.89. The molecule has 0 spiro atoms. The minimum absolute atomic E-state index is 0.00674. The van der Waals surface area contributed by atoms with Gasteiger partial charge in [-0.25, -0.2) is 8.42 Å². The Morgan fingerprint density at radius 2 is 2.04 bits per heavy atom. The maximum atomic E-state index is 12.3. The highest BCUT2D eigenvalue weighted by Crippen LogP contribution is 2.34. The summed E-state index contributed by atoms with van der Waals surface area (Å²) < 4.78 is 31.6. The first kappa shape index (κ1) is 17.6. The van der Waals surface area contributed by atoms with Gasteiger partial charge in [-0.1, -0.05) is 31.9 Å². The average molecular weight is 340 g/mol. The van der Waals surface area contributed by atoms with Gasteiger partial charge in [0.25, 0.3) is 5.91 Å². The van der Waals surface area contributed by atoms with Crippen molar-refractivity contribution < 1.29 is 17.9 Å². The van der Waals surface area contributed by atoms with Gasteiger partial charge < -0.3 is 10.1 Å². The van der Waals surface area contributed by atoms with E-state index in [1.807, 2.05) is 0 Å². The Balaban J connectivity index is 2.15. The van der Waals surface area contributed by atoms with Gasteiger partial charge >= 0.3 is 0 Å². The van der Waals surface area contributed by atoms with E-state index in [9.17, 15) is 13.2 Å². The van der Waals surface area contributed by atoms with Crippen molar-refractivity contribution in [2.75, 3.05) is 23.1 Å². The number of carbonyl (C=O) groups excluding carboxylic acids is 1. The molecule has 2 rings (SSSR count). The van der Waals surface area contributed by atoms with Crippen LogP contribution in [0.3, 0.4) is 0 Å². The van der Waals surface area contributed by atoms with Crippen LogP contribution in [0.4, 0.5) is 5.69 Å². The van der Waals surface area contributed by atoms with Crippen LogP contribution in [0.1, 0.15) is 33.1 Å². The van der Waals surface area contributed by atoms with Crippen LogP contribution in [0.25, 0.3) is 0 Å². The molecule has 0 saturated heterocycles. The minimum atomic E-state index is -3.46. The van der Waals surface area contributed by atoms with E-state index in [0.29, 0.717) is 18.0 Å². The number of fused-ring (bicyclic) bond motifs is 1. The lowest BCUT2D eigenvalue weighted by Crippen LogP contribution is -2.51. The zero-order valence-electron chi connectivity index (χ0n) is 13.6. The van der Waals surface area contributed by atoms with Crippen molar-refractivity contribution in [3.63, 3.8) is 0 Å². The summed E-state index contributed by atoms with van der Waals surface area (Å²) in [4.78, 5) is 12.3. The second-order valence-electron chi connectivity index (χ2n) is 5.50. The molecule has 23 heavy (non-hydrogen) atoms. The van der Waals surface area contributed by atoms with Crippen molar-refractivity contribution in [2.45, 2.75) is 39.2 Å². The minimum Gasteiger partial charge on any atom is -0.476 e. The zero-order chi connectivity index (χ0) is 16.9. The van der Waals surface area contributed by atoms with Crippen LogP contribution in [0.5, 0.6) is 5.75 Å². The number of anilines is 1. The number of benzene rings is 1. The number of unbranched alkanes of at least 4 members (excludes halogenated alkanes) is 2. The van der Waals surface area contributed by atoms with Crippen LogP contribution < -0.4 is 14.4 Å². The molecular weight excluding hydrogens is 316 g/mol. The number of hydrogen-bond acceptors (Lipinski definition) is 4. The fraction of sp³-hybridized carbons (Fsp3) is 0.562. The van der Waals surface area contributed by atoms with Crippen molar-refractivity contribution in [3.8, 4) is 5.75 Å². The highest BCUT2D eigenvalue weighted by atomic mass is 32.2. The van der Waals surface area contributed by atoms with Crippen LogP contribution in [0.15, 0.2) is 24.3 Å². The van der Waals surface area contributed by atoms with E-state index in [1.54, 1.807) is 31.2 Å². The second kappa shape index (κ2) is 7.68. The lowest BCUT2D eigenvalue weighted by atomic mass is 10.2. The molecule has 0 aromatic heterocycles. The van der Waals surface area contributed by atoms with E-state index >= 15 is 0 Å². The monoisotopic (exact) mass is 340 g/mol. The lowest BCUT2D eigenvalue weighted by Gasteiger charge is -2.34. The number of nitrogens with one attached hydrogen (secondary N) is 1. The third-order valence-corrected chi connectivity index (χ3v) is 5.55. The topological polar surface area (TPSA) is 75.7 Å². The molecule has 0 saturated carbocycles. The predicted octanol–water partition coefficient (Wildman–Crippen LogP) is 1.91. The molecule has 6 nitrogen and oxygen atoms in total. The van der Waals surface area contributed by atoms with Gasteiger partial charge in [0.15, 0.2) is 6.10 Å². The number of ether oxygens (including phenoxy) is 1. The summed E-state index contributed by atoms with van der Waals surface area (Å²) in [5.74, 6) is 0.128. The Labute approximate surface area is 137 Å². The van der Waals surface area contributed by atoms with Crippen molar-refractivity contribution in [1.82, 2.24) is 5.32 Å². The molecular formula is C16H24N2O4S. The first-order valence-corrected chi connectivity index (χ1v) is 9.64. The van der Waals surface area contributed by atoms with E-state index in [0.717, 1.165) is 19.3 Å². The molecule has 1 heterocycles. The fourth-order valence-corrected chi connectivity index (χ4v) is 3.58. The predicted molar refractivity (Wildman–Crippen MR) is 90.2 cm³/mol. The summed E-state index contributed by atoms with van der Waals surface area (Å²) in [6.07, 6.45) is 2.20. The van der Waals surface area contributed by atoms with Gasteiger partial charge in [0.2, 0.25) is 10.0 Å². The van der Waals surface area contributed by atoms with Crippen molar-refractivity contribution in [3.05, 3.63) is 24.3 Å². The Kier molecular flexibility index (Phi) is 5.87. The summed E-state index contributed by atoms with van der Waals surface area (Å²) in [5, 5.41) is 2.82. The quantitative estimate of drug-likeness (QED) is 0.769. The maximum absolute atomic E-state index is 12.3. The maximum Gasteiger partial charge on any atom is 0.263 e. The van der Waals surface area contributed by atoms with E-state index in [4.69, 9.17) is 4.74 Å². The van der Waals surface area contributed by atoms with E-state index in [-0.39, 0.29) is 18.2 Å². The van der Waals surface area contributed by atoms with Crippen molar-refractivity contribution in [1.29, 1.82) is 0 Å². The summed E-state index contributed by atoms with van der Waals surface area (Å²) >= 11 is 0. The molecule has 0 bridgehead atoms. The SMILES string of the molecule is CCCCCNC(=O)C1CN(S(=O)(=O)CC)c2ccccc2O1. The summed E-state index contributed by atoms with van der Waals surface area (Å²) in [5.41, 5.74) is 0.490. The largest absolute Gasteiger partial charge is 0.476 e. The second-order valence-corrected chi connectivity index (χ2v) is 7.69. The van der Waals surface area contributed by atoms with Crippen LogP contribution in [-0.4, -0.2) is 39.3 Å². The van der Waals surface area contributed by atoms with Gasteiger partial charge in [-0.05, 0) is 25.5 Å². The molecule has 7 heteroatoms. The van der Waals surface area contributed by atoms with Gasteiger partial charge in [0.05, 0.1) is 18.0 Å². The van der Waals surface area contributed by atoms with Crippen LogP contribution >= 0.6 is 0 Å². The molecule has 0 aliphatic carbocycles. The van der Waals surface area contributed by atoms with Gasteiger partial charge in [-0.3, -0.25) is 9.10 Å². The lowest BCUT2D eigenvalue weighted by molar-refractivity contribution is -0.127. The number of carbonyl (C=O) groups is 1. The molecule has 1 N–H and O–H groups in total. The van der Waals surface area contributed by atoms with E-state index in [1.165, 1.54) is 4.31 Å². The Bertz CT molecular complexity index is 645. The molecule has 0 fully saturated rings. The molecule has 1 aromatic rings. The highest BCUT2D eigenvalue weighted by molar-refractivity contribution is 7.92. The number of rotatable bonds is 7. The smallest absolute Gasteiger partial charge is 0.263 e. The Hall–Kier alpha value is -1.76. The van der Waals surface area contributed by atoms with Gasteiger partial charge in [-0.15, -0.1) is 0 Å². The van der Waals surface area contributed by atoms with Crippen LogP contribution in [0.2, 0.25) is 0 Å². The van der Waals surface area contributed by atoms with Gasteiger partial charge in [-0.2, -0.15) is 0 Å². The molecule has 1 atom stereocenters. The van der Waals surface area contributed by atoms with Crippen molar-refractivity contribution in [2.24, 2.45) is 0 Å². The zero-order valence-corrected chi connectivity index (χ0v) is 14.4. The molecule has 1 aliphatic heterocycles. The average Bonchev–Trinajstić information content (AvgIpc) is 2.57. The Morgan fingerprint density at radius 1 is 1.30 bits per heavy atom. The van der Waals surface area contributed by atoms with Crippen LogP contribution in [-0.2, 0) is 14.8 Å². The summed E-state index contributed by atoms with van der Waals surface area (Å²) in [6.45, 7) is 4.27. The number of hydrogen-bond donors (Lipinski definition) is 1. The molecule has 0 radical (unpaired) electrons. The number of para-hydroxylation sites is 2. The standard InChI is InChI=1S/C16H24N2O4S/c1-3-5-8-11-17-16(19)15-12-18(23(20,21)4-2)13-9-6-7-10-14(13)22-15/h6-7,9-10,15H,3-5,8,11-12H2,1-2H3,(H,17,19). The number of amides is 1. The van der Waals surface area contributed by atoms with Gasteiger partial charge in [0, 0.05) is 6.54 Å². The molecule has 1 unspecified atom stereocenters. The molecule has 1 aliphatic rings. The van der Waals surface area contributed by atoms with Crippen LogP contribution in [0, 0.1) is 0 Å². The molecule has 1 amide bonds. The third kappa shape index (κ3) is 4.16. The summed E-state index contributed by atoms with van der Waals surface area (Å²) in [7, 11) is -3.46. The van der Waals surface area contributed by atoms with Gasteiger partial charge in [0.1, 0.15) is 5.75 Å². The first-order chi connectivity index (χ1) is 11.0. The Morgan fingerprint density at radius 3 is 2.74 bits per heavy atom. The molecule has 1 aromatic carbocycles.